The normalized spacial score (nSPS) is 10.8. The lowest BCUT2D eigenvalue weighted by Crippen LogP contribution is -1.83. The van der Waals surface area contributed by atoms with E-state index in [1.54, 1.807) is 0 Å². The maximum atomic E-state index is 5.75. The topological polar surface area (TPSA) is 9.23 Å². The minimum atomic E-state index is 0.869. The number of rotatable bonds is 6. The van der Waals surface area contributed by atoms with Gasteiger partial charge in [-0.1, -0.05) is 62.2 Å². The van der Waals surface area contributed by atoms with E-state index in [0.717, 1.165) is 17.9 Å². The Bertz CT molecular complexity index is 497. The standard InChI is InChI=1S/C18H20O/c1-2-3-4-6-9-16-12-14-18(15-13-16)19-17-10-7-5-8-11-17/h5-15H,2-4H2,1H3/b9-6+. The molecule has 2 aromatic carbocycles. The first-order valence-corrected chi connectivity index (χ1v) is 6.88. The third-order valence-corrected chi connectivity index (χ3v) is 2.89. The molecule has 0 unspecified atom stereocenters. The number of hydrogen-bond donors (Lipinski definition) is 0. The van der Waals surface area contributed by atoms with Gasteiger partial charge in [0.25, 0.3) is 0 Å². The summed E-state index contributed by atoms with van der Waals surface area (Å²) in [5.74, 6) is 1.74. The van der Waals surface area contributed by atoms with Crippen LogP contribution in [0.15, 0.2) is 60.7 Å². The van der Waals surface area contributed by atoms with Crippen molar-refractivity contribution >= 4 is 6.08 Å². The van der Waals surface area contributed by atoms with Crippen molar-refractivity contribution in [3.05, 3.63) is 66.2 Å². The van der Waals surface area contributed by atoms with Gasteiger partial charge in [0.1, 0.15) is 11.5 Å². The van der Waals surface area contributed by atoms with Gasteiger partial charge in [-0.3, -0.25) is 0 Å². The lowest BCUT2D eigenvalue weighted by atomic mass is 10.1. The van der Waals surface area contributed by atoms with Gasteiger partial charge in [0.15, 0.2) is 0 Å². The van der Waals surface area contributed by atoms with Gasteiger partial charge in [-0.2, -0.15) is 0 Å². The maximum absolute atomic E-state index is 5.75. The van der Waals surface area contributed by atoms with Gasteiger partial charge < -0.3 is 4.74 Å². The monoisotopic (exact) mass is 252 g/mol. The van der Waals surface area contributed by atoms with E-state index in [4.69, 9.17) is 4.74 Å². The molecular weight excluding hydrogens is 232 g/mol. The lowest BCUT2D eigenvalue weighted by molar-refractivity contribution is 0.482. The average molecular weight is 252 g/mol. The highest BCUT2D eigenvalue weighted by Crippen LogP contribution is 2.21. The van der Waals surface area contributed by atoms with Gasteiger partial charge in [0.05, 0.1) is 0 Å². The zero-order chi connectivity index (χ0) is 13.3. The molecule has 0 amide bonds. The zero-order valence-corrected chi connectivity index (χ0v) is 11.4. The van der Waals surface area contributed by atoms with Crippen LogP contribution in [0.4, 0.5) is 0 Å². The fraction of sp³-hybridized carbons (Fsp3) is 0.222. The molecule has 0 saturated carbocycles. The molecule has 0 saturated heterocycles. The number of benzene rings is 2. The third-order valence-electron chi connectivity index (χ3n) is 2.89. The van der Waals surface area contributed by atoms with E-state index >= 15 is 0 Å². The van der Waals surface area contributed by atoms with Gasteiger partial charge in [-0.25, -0.2) is 0 Å². The Morgan fingerprint density at radius 2 is 1.58 bits per heavy atom. The van der Waals surface area contributed by atoms with Crippen molar-refractivity contribution in [2.24, 2.45) is 0 Å². The zero-order valence-electron chi connectivity index (χ0n) is 11.4. The lowest BCUT2D eigenvalue weighted by Gasteiger charge is -2.05. The fourth-order valence-electron chi connectivity index (χ4n) is 1.81. The van der Waals surface area contributed by atoms with Crippen molar-refractivity contribution in [2.75, 3.05) is 0 Å². The van der Waals surface area contributed by atoms with Gasteiger partial charge in [-0.15, -0.1) is 0 Å². The Morgan fingerprint density at radius 1 is 0.895 bits per heavy atom. The van der Waals surface area contributed by atoms with Crippen LogP contribution in [0.2, 0.25) is 0 Å². The molecule has 1 nitrogen and oxygen atoms in total. The van der Waals surface area contributed by atoms with Crippen molar-refractivity contribution in [1.29, 1.82) is 0 Å². The van der Waals surface area contributed by atoms with Crippen molar-refractivity contribution in [2.45, 2.75) is 26.2 Å². The van der Waals surface area contributed by atoms with Crippen LogP contribution >= 0.6 is 0 Å². The van der Waals surface area contributed by atoms with Crippen LogP contribution in [0.1, 0.15) is 31.7 Å². The van der Waals surface area contributed by atoms with E-state index in [0.29, 0.717) is 0 Å². The second-order valence-corrected chi connectivity index (χ2v) is 4.53. The van der Waals surface area contributed by atoms with Gasteiger partial charge in [0, 0.05) is 0 Å². The first kappa shape index (κ1) is 13.4. The average Bonchev–Trinajstić information content (AvgIpc) is 2.46. The SMILES string of the molecule is CCCC/C=C/c1ccc(Oc2ccccc2)cc1. The smallest absolute Gasteiger partial charge is 0.127 e. The Kier molecular flexibility index (Phi) is 5.24. The minimum Gasteiger partial charge on any atom is -0.457 e. The third kappa shape index (κ3) is 4.63. The quantitative estimate of drug-likeness (QED) is 0.601. The summed E-state index contributed by atoms with van der Waals surface area (Å²) < 4.78 is 5.75. The first-order valence-electron chi connectivity index (χ1n) is 6.88. The predicted molar refractivity (Wildman–Crippen MR) is 81.5 cm³/mol. The summed E-state index contributed by atoms with van der Waals surface area (Å²) in [6.45, 7) is 2.21. The Hall–Kier alpha value is -2.02. The van der Waals surface area contributed by atoms with E-state index in [1.165, 1.54) is 18.4 Å². The molecule has 0 N–H and O–H groups in total. The summed E-state index contributed by atoms with van der Waals surface area (Å²) in [6, 6.07) is 18.0. The maximum Gasteiger partial charge on any atom is 0.127 e. The molecular formula is C18H20O. The van der Waals surface area contributed by atoms with Crippen LogP contribution in [0, 0.1) is 0 Å². The molecule has 0 heterocycles. The van der Waals surface area contributed by atoms with Crippen LogP contribution in [-0.4, -0.2) is 0 Å². The predicted octanol–water partition coefficient (Wildman–Crippen LogP) is 5.68. The summed E-state index contributed by atoms with van der Waals surface area (Å²) in [5, 5.41) is 0. The molecule has 0 radical (unpaired) electrons. The van der Waals surface area contributed by atoms with E-state index < -0.39 is 0 Å². The largest absolute Gasteiger partial charge is 0.457 e. The van der Waals surface area contributed by atoms with Crippen LogP contribution < -0.4 is 4.74 Å². The highest BCUT2D eigenvalue weighted by atomic mass is 16.5. The molecule has 2 aromatic rings. The molecule has 0 aliphatic carbocycles. The highest BCUT2D eigenvalue weighted by molar-refractivity contribution is 5.50. The molecule has 0 fully saturated rings. The van der Waals surface area contributed by atoms with Crippen molar-refractivity contribution < 1.29 is 4.74 Å². The molecule has 98 valence electrons. The van der Waals surface area contributed by atoms with E-state index in [-0.39, 0.29) is 0 Å². The molecule has 0 aliphatic rings. The molecule has 0 atom stereocenters. The van der Waals surface area contributed by atoms with Crippen LogP contribution in [0.3, 0.4) is 0 Å². The van der Waals surface area contributed by atoms with E-state index in [9.17, 15) is 0 Å². The second kappa shape index (κ2) is 7.42. The number of allylic oxidation sites excluding steroid dienone is 1. The van der Waals surface area contributed by atoms with E-state index in [1.807, 2.05) is 42.5 Å². The van der Waals surface area contributed by atoms with Crippen molar-refractivity contribution in [3.8, 4) is 11.5 Å². The minimum absolute atomic E-state index is 0.869. The molecule has 2 rings (SSSR count). The summed E-state index contributed by atoms with van der Waals surface area (Å²) in [4.78, 5) is 0. The number of ether oxygens (including phenoxy) is 1. The summed E-state index contributed by atoms with van der Waals surface area (Å²) >= 11 is 0. The summed E-state index contributed by atoms with van der Waals surface area (Å²) in [6.07, 6.45) is 8.05. The number of para-hydroxylation sites is 1. The Balaban J connectivity index is 1.93. The van der Waals surface area contributed by atoms with E-state index in [2.05, 4.69) is 31.2 Å². The number of unbranched alkanes of at least 4 members (excludes halogenated alkanes) is 2. The molecule has 0 bridgehead atoms. The molecule has 1 heteroatoms. The molecule has 0 spiro atoms. The highest BCUT2D eigenvalue weighted by Gasteiger charge is 1.95. The second-order valence-electron chi connectivity index (χ2n) is 4.53. The molecule has 19 heavy (non-hydrogen) atoms. The number of hydrogen-bond acceptors (Lipinski definition) is 1. The Morgan fingerprint density at radius 3 is 2.26 bits per heavy atom. The van der Waals surface area contributed by atoms with Crippen LogP contribution in [0.25, 0.3) is 6.08 Å². The molecule has 0 aliphatic heterocycles. The first-order chi connectivity index (χ1) is 9.38. The summed E-state index contributed by atoms with van der Waals surface area (Å²) in [7, 11) is 0. The van der Waals surface area contributed by atoms with Crippen molar-refractivity contribution in [1.82, 2.24) is 0 Å². The van der Waals surface area contributed by atoms with Crippen LogP contribution in [-0.2, 0) is 0 Å². The van der Waals surface area contributed by atoms with Gasteiger partial charge in [0.2, 0.25) is 0 Å². The fourth-order valence-corrected chi connectivity index (χ4v) is 1.81. The van der Waals surface area contributed by atoms with Gasteiger partial charge >= 0.3 is 0 Å². The van der Waals surface area contributed by atoms with Crippen LogP contribution in [0.5, 0.6) is 11.5 Å². The summed E-state index contributed by atoms with van der Waals surface area (Å²) in [5.41, 5.74) is 1.22. The van der Waals surface area contributed by atoms with Gasteiger partial charge in [-0.05, 0) is 36.2 Å². The van der Waals surface area contributed by atoms with Crippen molar-refractivity contribution in [3.63, 3.8) is 0 Å². The molecule has 0 aromatic heterocycles. The Labute approximate surface area is 115 Å².